The SMILES string of the molecule is CO[C@H]1C[SH]([C@@H]2COC[C@H](n3cc(-c4ccccc4)nn3)[C@H]2O)[C@H](CO)[C@H](O)[C@@H]1NC(=O)c1cc(F)c(F)c(F)c1. The van der Waals surface area contributed by atoms with Gasteiger partial charge in [-0.2, -0.15) is 0 Å². The molecule has 2 aliphatic rings. The highest BCUT2D eigenvalue weighted by Crippen LogP contribution is 2.48. The lowest BCUT2D eigenvalue weighted by Crippen LogP contribution is -2.62. The number of halogens is 3. The summed E-state index contributed by atoms with van der Waals surface area (Å²) in [6.07, 6.45) is -1.31. The van der Waals surface area contributed by atoms with Crippen LogP contribution in [0.3, 0.4) is 0 Å². The van der Waals surface area contributed by atoms with E-state index in [9.17, 15) is 33.3 Å². The fraction of sp³-hybridized carbons (Fsp3) is 0.444. The monoisotopic (exact) mass is 596 g/mol. The number of hydrogen-bond acceptors (Lipinski definition) is 8. The van der Waals surface area contributed by atoms with E-state index in [4.69, 9.17) is 9.47 Å². The van der Waals surface area contributed by atoms with E-state index >= 15 is 0 Å². The molecule has 0 saturated carbocycles. The van der Waals surface area contributed by atoms with Crippen LogP contribution < -0.4 is 5.32 Å². The summed E-state index contributed by atoms with van der Waals surface area (Å²) in [4.78, 5) is 12.8. The van der Waals surface area contributed by atoms with Crippen LogP contribution in [-0.4, -0.2) is 104 Å². The Hall–Kier alpha value is -3.01. The summed E-state index contributed by atoms with van der Waals surface area (Å²) in [5.74, 6) is -5.42. The maximum Gasteiger partial charge on any atom is 0.251 e. The fourth-order valence-corrected chi connectivity index (χ4v) is 9.00. The van der Waals surface area contributed by atoms with Crippen LogP contribution in [0.15, 0.2) is 48.7 Å². The quantitative estimate of drug-likeness (QED) is 0.203. The van der Waals surface area contributed by atoms with Gasteiger partial charge >= 0.3 is 0 Å². The zero-order chi connectivity index (χ0) is 29.3. The molecule has 14 heteroatoms. The minimum atomic E-state index is -1.70. The van der Waals surface area contributed by atoms with Gasteiger partial charge in [-0.25, -0.2) is 28.7 Å². The summed E-state index contributed by atoms with van der Waals surface area (Å²) in [5.41, 5.74) is 1.02. The summed E-state index contributed by atoms with van der Waals surface area (Å²) in [7, 11) is 0.0524. The molecule has 2 saturated heterocycles. The highest BCUT2D eigenvalue weighted by atomic mass is 32.2. The van der Waals surface area contributed by atoms with Crippen molar-refractivity contribution in [3.05, 3.63) is 71.7 Å². The van der Waals surface area contributed by atoms with Crippen molar-refractivity contribution in [3.8, 4) is 11.3 Å². The van der Waals surface area contributed by atoms with Crippen LogP contribution in [0.4, 0.5) is 13.2 Å². The predicted octanol–water partition coefficient (Wildman–Crippen LogP) is 1.21. The number of thiol groups is 1. The molecule has 4 N–H and O–H groups in total. The molecule has 1 aromatic heterocycles. The van der Waals surface area contributed by atoms with Crippen LogP contribution in [-0.2, 0) is 9.47 Å². The van der Waals surface area contributed by atoms with Crippen LogP contribution >= 0.6 is 10.9 Å². The Morgan fingerprint density at radius 3 is 2.51 bits per heavy atom. The molecule has 0 radical (unpaired) electrons. The number of hydrogen-bond donors (Lipinski definition) is 5. The minimum Gasteiger partial charge on any atom is -0.395 e. The number of aliphatic hydroxyl groups is 3. The maximum atomic E-state index is 13.7. The van der Waals surface area contributed by atoms with Gasteiger partial charge in [-0.15, -0.1) is 5.10 Å². The van der Waals surface area contributed by atoms with E-state index in [0.717, 1.165) is 5.56 Å². The first-order valence-corrected chi connectivity index (χ1v) is 14.7. The van der Waals surface area contributed by atoms with Gasteiger partial charge in [0.05, 0.1) is 50.4 Å². The van der Waals surface area contributed by atoms with Crippen molar-refractivity contribution in [1.82, 2.24) is 20.3 Å². The molecular formula is C27H31F3N4O6S. The first-order valence-electron chi connectivity index (χ1n) is 13.0. The zero-order valence-electron chi connectivity index (χ0n) is 22.0. The second-order valence-corrected chi connectivity index (χ2v) is 12.8. The number of amides is 1. The van der Waals surface area contributed by atoms with Crippen LogP contribution in [0.1, 0.15) is 16.4 Å². The lowest BCUT2D eigenvalue weighted by atomic mass is 10.0. The van der Waals surface area contributed by atoms with Gasteiger partial charge in [0.15, 0.2) is 17.5 Å². The van der Waals surface area contributed by atoms with Gasteiger partial charge < -0.3 is 30.1 Å². The third-order valence-electron chi connectivity index (χ3n) is 7.72. The average molecular weight is 597 g/mol. The summed E-state index contributed by atoms with van der Waals surface area (Å²) in [5, 5.41) is 42.8. The van der Waals surface area contributed by atoms with Crippen molar-refractivity contribution in [2.45, 2.75) is 40.9 Å². The summed E-state index contributed by atoms with van der Waals surface area (Å²) >= 11 is 0. The van der Waals surface area contributed by atoms with E-state index in [2.05, 4.69) is 15.6 Å². The maximum absolute atomic E-state index is 13.7. The Morgan fingerprint density at radius 1 is 1.15 bits per heavy atom. The number of nitrogens with one attached hydrogen (secondary N) is 1. The van der Waals surface area contributed by atoms with E-state index in [1.165, 1.54) is 7.11 Å². The molecule has 10 nitrogen and oxygen atoms in total. The third-order valence-corrected chi connectivity index (χ3v) is 11.1. The highest BCUT2D eigenvalue weighted by molar-refractivity contribution is 8.18. The Balaban J connectivity index is 1.34. The van der Waals surface area contributed by atoms with Gasteiger partial charge in [0, 0.05) is 34.5 Å². The van der Waals surface area contributed by atoms with Gasteiger partial charge in [-0.05, 0) is 12.1 Å². The minimum absolute atomic E-state index is 0.175. The summed E-state index contributed by atoms with van der Waals surface area (Å²) in [6.45, 7) is -0.0960. The first-order chi connectivity index (χ1) is 19.7. The molecule has 3 heterocycles. The molecule has 3 aromatic rings. The Kier molecular flexibility index (Phi) is 8.97. The molecule has 5 rings (SSSR count). The standard InChI is InChI=1S/C27H31F3N4O6S/c1-39-20-13-41(21(10-35)26(37)24(20)31-27(38)15-7-16(28)23(30)17(29)8-15)22-12-40-11-19(25(22)36)34-9-18(32-33-34)14-5-3-2-4-6-14/h2-9,19-22,24-26,35-37,41H,10-13H2,1H3,(H,31,38)/t19-,20-,21+,22+,24+,25+,26-/m0/s1. The molecule has 2 aromatic carbocycles. The molecule has 222 valence electrons. The number of nitrogens with zero attached hydrogens (tertiary/aromatic N) is 3. The summed E-state index contributed by atoms with van der Waals surface area (Å²) in [6, 6.07) is 8.94. The third kappa shape index (κ3) is 5.85. The number of benzene rings is 2. The van der Waals surface area contributed by atoms with E-state index in [1.807, 2.05) is 30.3 Å². The van der Waals surface area contributed by atoms with Crippen molar-refractivity contribution < 1.29 is 42.8 Å². The largest absolute Gasteiger partial charge is 0.395 e. The molecule has 2 aliphatic heterocycles. The number of carbonyl (C=O) groups is 1. The number of ether oxygens (including phenoxy) is 2. The van der Waals surface area contributed by atoms with Gasteiger partial charge in [0.1, 0.15) is 11.7 Å². The Bertz CT molecular complexity index is 1340. The van der Waals surface area contributed by atoms with Crippen molar-refractivity contribution in [2.24, 2.45) is 0 Å². The van der Waals surface area contributed by atoms with Crippen LogP contribution in [0.5, 0.6) is 0 Å². The molecule has 41 heavy (non-hydrogen) atoms. The molecule has 0 bridgehead atoms. The molecule has 0 spiro atoms. The number of aromatic nitrogens is 3. The summed E-state index contributed by atoms with van der Waals surface area (Å²) < 4.78 is 53.8. The number of rotatable bonds is 7. The van der Waals surface area contributed by atoms with Crippen molar-refractivity contribution in [3.63, 3.8) is 0 Å². The van der Waals surface area contributed by atoms with Crippen molar-refractivity contribution in [2.75, 3.05) is 32.7 Å². The number of methoxy groups -OCH3 is 1. The number of carbonyl (C=O) groups excluding carboxylic acids is 1. The molecule has 1 unspecified atom stereocenters. The second-order valence-electron chi connectivity index (χ2n) is 10.1. The van der Waals surface area contributed by atoms with Gasteiger partial charge in [0.25, 0.3) is 5.91 Å². The normalized spacial score (nSPS) is 31.1. The topological polar surface area (TPSA) is 139 Å². The second kappa shape index (κ2) is 12.5. The van der Waals surface area contributed by atoms with Gasteiger partial charge in [-0.1, -0.05) is 35.5 Å². The van der Waals surface area contributed by atoms with Gasteiger partial charge in [0.2, 0.25) is 0 Å². The molecule has 8 atom stereocenters. The smallest absolute Gasteiger partial charge is 0.251 e. The fourth-order valence-electron chi connectivity index (χ4n) is 5.50. The molecule has 2 fully saturated rings. The Labute approximate surface area is 236 Å². The molecular weight excluding hydrogens is 565 g/mol. The van der Waals surface area contributed by atoms with Crippen LogP contribution in [0.2, 0.25) is 0 Å². The lowest BCUT2D eigenvalue weighted by molar-refractivity contribution is -0.0312. The van der Waals surface area contributed by atoms with Crippen molar-refractivity contribution in [1.29, 1.82) is 0 Å². The molecule has 1 amide bonds. The lowest BCUT2D eigenvalue weighted by Gasteiger charge is -2.51. The zero-order valence-corrected chi connectivity index (χ0v) is 22.9. The molecule has 0 aliphatic carbocycles. The van der Waals surface area contributed by atoms with Crippen LogP contribution in [0, 0.1) is 17.5 Å². The predicted molar refractivity (Wildman–Crippen MR) is 144 cm³/mol. The first kappa shape index (κ1) is 29.5. The van der Waals surface area contributed by atoms with Crippen molar-refractivity contribution >= 4 is 16.8 Å². The average Bonchev–Trinajstić information content (AvgIpc) is 3.47. The van der Waals surface area contributed by atoms with Gasteiger partial charge in [-0.3, -0.25) is 4.79 Å². The van der Waals surface area contributed by atoms with Crippen LogP contribution in [0.25, 0.3) is 11.3 Å². The van der Waals surface area contributed by atoms with E-state index in [1.54, 1.807) is 10.9 Å². The van der Waals surface area contributed by atoms with E-state index < -0.39 is 87.3 Å². The van der Waals surface area contributed by atoms with E-state index in [-0.39, 0.29) is 19.0 Å². The van der Waals surface area contributed by atoms with E-state index in [0.29, 0.717) is 17.8 Å². The highest BCUT2D eigenvalue weighted by Gasteiger charge is 2.49. The Morgan fingerprint density at radius 2 is 1.85 bits per heavy atom. The number of aliphatic hydroxyl groups excluding tert-OH is 3.